The number of hydrogen-bond acceptors (Lipinski definition) is 4. The SMILES string of the molecule is CCOc1ccc(C(=O)NCC(C)c2ccccc2)cc1[N+](=O)[O-]. The Labute approximate surface area is 140 Å². The zero-order valence-corrected chi connectivity index (χ0v) is 13.7. The van der Waals surface area contributed by atoms with Crippen LogP contribution in [0.15, 0.2) is 48.5 Å². The van der Waals surface area contributed by atoms with Crippen LogP contribution in [-0.4, -0.2) is 24.0 Å². The second-order valence-electron chi connectivity index (χ2n) is 5.39. The van der Waals surface area contributed by atoms with Gasteiger partial charge in [0.1, 0.15) is 0 Å². The van der Waals surface area contributed by atoms with Crippen LogP contribution in [0.3, 0.4) is 0 Å². The van der Waals surface area contributed by atoms with Gasteiger partial charge in [-0.25, -0.2) is 0 Å². The molecule has 0 saturated heterocycles. The average molecular weight is 328 g/mol. The van der Waals surface area contributed by atoms with Gasteiger partial charge in [0.15, 0.2) is 5.75 Å². The van der Waals surface area contributed by atoms with E-state index in [4.69, 9.17) is 4.74 Å². The van der Waals surface area contributed by atoms with Crippen LogP contribution in [0.4, 0.5) is 5.69 Å². The lowest BCUT2D eigenvalue weighted by atomic mass is 10.0. The van der Waals surface area contributed by atoms with Crippen molar-refractivity contribution in [3.63, 3.8) is 0 Å². The number of nitro groups is 1. The summed E-state index contributed by atoms with van der Waals surface area (Å²) in [4.78, 5) is 22.8. The van der Waals surface area contributed by atoms with Crippen molar-refractivity contribution in [2.75, 3.05) is 13.2 Å². The van der Waals surface area contributed by atoms with Gasteiger partial charge in [-0.3, -0.25) is 14.9 Å². The van der Waals surface area contributed by atoms with Gasteiger partial charge in [-0.2, -0.15) is 0 Å². The van der Waals surface area contributed by atoms with Gasteiger partial charge >= 0.3 is 5.69 Å². The Kier molecular flexibility index (Phi) is 5.89. The molecule has 0 saturated carbocycles. The lowest BCUT2D eigenvalue weighted by Crippen LogP contribution is -2.27. The maximum Gasteiger partial charge on any atom is 0.311 e. The number of hydrogen-bond donors (Lipinski definition) is 1. The smallest absolute Gasteiger partial charge is 0.311 e. The van der Waals surface area contributed by atoms with Gasteiger partial charge in [0.05, 0.1) is 11.5 Å². The Hall–Kier alpha value is -2.89. The van der Waals surface area contributed by atoms with Crippen molar-refractivity contribution in [2.45, 2.75) is 19.8 Å². The number of nitrogens with one attached hydrogen (secondary N) is 1. The van der Waals surface area contributed by atoms with Crippen molar-refractivity contribution in [1.29, 1.82) is 0 Å². The molecule has 0 heterocycles. The zero-order chi connectivity index (χ0) is 17.5. The van der Waals surface area contributed by atoms with Gasteiger partial charge in [0.25, 0.3) is 5.91 Å². The Balaban J connectivity index is 2.07. The summed E-state index contributed by atoms with van der Waals surface area (Å²) in [5.74, 6) is -0.0338. The molecule has 0 spiro atoms. The van der Waals surface area contributed by atoms with E-state index in [1.807, 2.05) is 37.3 Å². The summed E-state index contributed by atoms with van der Waals surface area (Å²) >= 11 is 0. The molecule has 1 atom stereocenters. The zero-order valence-electron chi connectivity index (χ0n) is 13.7. The average Bonchev–Trinajstić information content (AvgIpc) is 2.60. The highest BCUT2D eigenvalue weighted by atomic mass is 16.6. The lowest BCUT2D eigenvalue weighted by molar-refractivity contribution is -0.385. The number of benzene rings is 2. The normalized spacial score (nSPS) is 11.6. The van der Waals surface area contributed by atoms with Gasteiger partial charge in [-0.05, 0) is 30.5 Å². The van der Waals surface area contributed by atoms with E-state index in [9.17, 15) is 14.9 Å². The molecule has 24 heavy (non-hydrogen) atoms. The summed E-state index contributed by atoms with van der Waals surface area (Å²) in [7, 11) is 0. The predicted molar refractivity (Wildman–Crippen MR) is 91.5 cm³/mol. The predicted octanol–water partition coefficient (Wildman–Crippen LogP) is 3.53. The summed E-state index contributed by atoms with van der Waals surface area (Å²) in [6.07, 6.45) is 0. The molecule has 2 aromatic carbocycles. The van der Waals surface area contributed by atoms with Crippen LogP contribution < -0.4 is 10.1 Å². The summed E-state index contributed by atoms with van der Waals surface area (Å²) in [5.41, 5.74) is 1.15. The fourth-order valence-electron chi connectivity index (χ4n) is 2.33. The van der Waals surface area contributed by atoms with Crippen LogP contribution in [-0.2, 0) is 0 Å². The molecule has 1 amide bonds. The maximum atomic E-state index is 12.2. The highest BCUT2D eigenvalue weighted by Crippen LogP contribution is 2.28. The molecule has 2 rings (SSSR count). The van der Waals surface area contributed by atoms with Gasteiger partial charge in [0.2, 0.25) is 0 Å². The minimum absolute atomic E-state index is 0.146. The molecule has 126 valence electrons. The van der Waals surface area contributed by atoms with Gasteiger partial charge in [-0.1, -0.05) is 37.3 Å². The molecule has 6 nitrogen and oxygen atoms in total. The fraction of sp³-hybridized carbons (Fsp3) is 0.278. The first-order chi connectivity index (χ1) is 11.5. The minimum Gasteiger partial charge on any atom is -0.487 e. The largest absolute Gasteiger partial charge is 0.487 e. The lowest BCUT2D eigenvalue weighted by Gasteiger charge is -2.13. The van der Waals surface area contributed by atoms with Gasteiger partial charge < -0.3 is 10.1 Å². The van der Waals surface area contributed by atoms with E-state index < -0.39 is 4.92 Å². The van der Waals surface area contributed by atoms with E-state index >= 15 is 0 Å². The van der Waals surface area contributed by atoms with Crippen molar-refractivity contribution in [2.24, 2.45) is 0 Å². The molecule has 0 bridgehead atoms. The van der Waals surface area contributed by atoms with Gasteiger partial charge in [-0.15, -0.1) is 0 Å². The van der Waals surface area contributed by atoms with Crippen LogP contribution in [0, 0.1) is 10.1 Å². The first-order valence-corrected chi connectivity index (χ1v) is 7.77. The summed E-state index contributed by atoms with van der Waals surface area (Å²) in [5, 5.41) is 13.9. The molecular weight excluding hydrogens is 308 g/mol. The number of carbonyl (C=O) groups is 1. The van der Waals surface area contributed by atoms with E-state index in [1.54, 1.807) is 6.92 Å². The molecule has 0 aromatic heterocycles. The fourth-order valence-corrected chi connectivity index (χ4v) is 2.33. The number of carbonyl (C=O) groups excluding carboxylic acids is 1. The molecule has 1 N–H and O–H groups in total. The Morgan fingerprint density at radius 1 is 1.25 bits per heavy atom. The highest BCUT2D eigenvalue weighted by Gasteiger charge is 2.19. The quantitative estimate of drug-likeness (QED) is 0.623. The van der Waals surface area contributed by atoms with E-state index in [1.165, 1.54) is 18.2 Å². The third kappa shape index (κ3) is 4.32. The van der Waals surface area contributed by atoms with Crippen LogP contribution >= 0.6 is 0 Å². The number of ether oxygens (including phenoxy) is 1. The van der Waals surface area contributed by atoms with Crippen molar-refractivity contribution in [1.82, 2.24) is 5.32 Å². The summed E-state index contributed by atoms with van der Waals surface area (Å²) in [6, 6.07) is 14.1. The third-order valence-electron chi connectivity index (χ3n) is 3.66. The van der Waals surface area contributed by atoms with Crippen molar-refractivity contribution >= 4 is 11.6 Å². The standard InChI is InChI=1S/C18H20N2O4/c1-3-24-17-10-9-15(11-16(17)20(22)23)18(21)19-12-13(2)14-7-5-4-6-8-14/h4-11,13H,3,12H2,1-2H3,(H,19,21). The Bertz CT molecular complexity index is 716. The van der Waals surface area contributed by atoms with E-state index in [0.717, 1.165) is 5.56 Å². The van der Waals surface area contributed by atoms with Crippen LogP contribution in [0.25, 0.3) is 0 Å². The molecule has 0 radical (unpaired) electrons. The van der Waals surface area contributed by atoms with Crippen molar-refractivity contribution < 1.29 is 14.5 Å². The number of rotatable bonds is 7. The molecule has 1 unspecified atom stereocenters. The first kappa shape index (κ1) is 17.5. The minimum atomic E-state index is -0.547. The van der Waals surface area contributed by atoms with Gasteiger partial charge in [0, 0.05) is 18.2 Å². The van der Waals surface area contributed by atoms with E-state index in [0.29, 0.717) is 13.2 Å². The third-order valence-corrected chi connectivity index (χ3v) is 3.66. The highest BCUT2D eigenvalue weighted by molar-refractivity contribution is 5.95. The molecule has 6 heteroatoms. The number of nitro benzene ring substituents is 1. The monoisotopic (exact) mass is 328 g/mol. The molecule has 0 aliphatic rings. The molecule has 2 aromatic rings. The molecule has 0 aliphatic carbocycles. The Morgan fingerprint density at radius 2 is 1.96 bits per heavy atom. The number of nitrogens with zero attached hydrogens (tertiary/aromatic N) is 1. The summed E-state index contributed by atoms with van der Waals surface area (Å²) < 4.78 is 5.22. The van der Waals surface area contributed by atoms with Crippen LogP contribution in [0.2, 0.25) is 0 Å². The number of amides is 1. The second kappa shape index (κ2) is 8.10. The molecule has 0 fully saturated rings. The van der Waals surface area contributed by atoms with Crippen molar-refractivity contribution in [3.05, 3.63) is 69.8 Å². The van der Waals surface area contributed by atoms with Crippen LogP contribution in [0.1, 0.15) is 35.7 Å². The van der Waals surface area contributed by atoms with E-state index in [2.05, 4.69) is 5.32 Å². The molecular formula is C18H20N2O4. The van der Waals surface area contributed by atoms with Crippen LogP contribution in [0.5, 0.6) is 5.75 Å². The molecule has 0 aliphatic heterocycles. The summed E-state index contributed by atoms with van der Waals surface area (Å²) in [6.45, 7) is 4.52. The van der Waals surface area contributed by atoms with E-state index in [-0.39, 0.29) is 28.8 Å². The maximum absolute atomic E-state index is 12.2. The Morgan fingerprint density at radius 3 is 2.58 bits per heavy atom. The topological polar surface area (TPSA) is 81.5 Å². The van der Waals surface area contributed by atoms with Crippen molar-refractivity contribution in [3.8, 4) is 5.75 Å². The second-order valence-corrected chi connectivity index (χ2v) is 5.39. The first-order valence-electron chi connectivity index (χ1n) is 7.77.